The third kappa shape index (κ3) is 5.52. The molecule has 1 heterocycles. The van der Waals surface area contributed by atoms with Gasteiger partial charge in [0.1, 0.15) is 0 Å². The highest BCUT2D eigenvalue weighted by molar-refractivity contribution is 5.97. The summed E-state index contributed by atoms with van der Waals surface area (Å²) in [6.07, 6.45) is 0.904. The van der Waals surface area contributed by atoms with E-state index < -0.39 is 0 Å². The van der Waals surface area contributed by atoms with Crippen molar-refractivity contribution in [1.82, 2.24) is 4.57 Å². The molecule has 0 spiro atoms. The number of nitrogens with one attached hydrogen (secondary N) is 1. The number of amides is 1. The van der Waals surface area contributed by atoms with Crippen LogP contribution in [-0.4, -0.2) is 28.8 Å². The fourth-order valence-corrected chi connectivity index (χ4v) is 3.63. The Morgan fingerprint density at radius 1 is 1.00 bits per heavy atom. The van der Waals surface area contributed by atoms with Gasteiger partial charge in [0.05, 0.1) is 12.2 Å². The largest absolute Gasteiger partial charge is 0.462 e. The summed E-state index contributed by atoms with van der Waals surface area (Å²) in [6.45, 7) is 6.07. The Bertz CT molecular complexity index is 1120. The van der Waals surface area contributed by atoms with Crippen molar-refractivity contribution in [3.8, 4) is 11.3 Å². The van der Waals surface area contributed by atoms with E-state index >= 15 is 0 Å². The van der Waals surface area contributed by atoms with Crippen molar-refractivity contribution in [2.24, 2.45) is 0 Å². The molecular weight excluding hydrogens is 404 g/mol. The number of carbonyl (C=O) groups excluding carboxylic acids is 3. The molecule has 166 valence electrons. The number of Topliss-reactive ketones (excluding diaryl/α,β-unsaturated/α-hetero) is 1. The minimum absolute atomic E-state index is 0.0463. The van der Waals surface area contributed by atoms with Gasteiger partial charge in [0.15, 0.2) is 5.78 Å². The van der Waals surface area contributed by atoms with Crippen LogP contribution in [0.3, 0.4) is 0 Å². The summed E-state index contributed by atoms with van der Waals surface area (Å²) in [5.41, 5.74) is 4.43. The molecule has 0 fully saturated rings. The van der Waals surface area contributed by atoms with Gasteiger partial charge in [0.2, 0.25) is 5.91 Å². The molecule has 0 unspecified atom stereocenters. The van der Waals surface area contributed by atoms with E-state index in [0.717, 1.165) is 17.0 Å². The lowest BCUT2D eigenvalue weighted by atomic mass is 10.1. The second-order valence-corrected chi connectivity index (χ2v) is 7.56. The molecule has 0 aliphatic heterocycles. The van der Waals surface area contributed by atoms with E-state index in [1.165, 1.54) is 6.92 Å². The quantitative estimate of drug-likeness (QED) is 0.369. The summed E-state index contributed by atoms with van der Waals surface area (Å²) < 4.78 is 7.27. The van der Waals surface area contributed by atoms with Crippen LogP contribution in [0.15, 0.2) is 60.7 Å². The Morgan fingerprint density at radius 2 is 1.75 bits per heavy atom. The highest BCUT2D eigenvalue weighted by Gasteiger charge is 2.19. The SMILES string of the molecule is CCOC(=O)c1cc(-c2ccccc2)n(CCCC(=O)Nc2cccc(C(C)=O)c2)c1C. The van der Waals surface area contributed by atoms with Crippen LogP contribution in [0.1, 0.15) is 53.1 Å². The van der Waals surface area contributed by atoms with Crippen molar-refractivity contribution in [2.45, 2.75) is 40.2 Å². The lowest BCUT2D eigenvalue weighted by molar-refractivity contribution is -0.116. The molecule has 0 aliphatic carbocycles. The number of anilines is 1. The molecule has 2 aromatic carbocycles. The van der Waals surface area contributed by atoms with E-state index in [4.69, 9.17) is 4.74 Å². The molecular formula is C26H28N2O4. The molecule has 0 aliphatic rings. The van der Waals surface area contributed by atoms with Crippen molar-refractivity contribution in [3.63, 3.8) is 0 Å². The number of ketones is 1. The number of esters is 1. The van der Waals surface area contributed by atoms with Crippen molar-refractivity contribution in [1.29, 1.82) is 0 Å². The lowest BCUT2D eigenvalue weighted by Gasteiger charge is -2.12. The second kappa shape index (κ2) is 10.6. The van der Waals surface area contributed by atoms with Crippen LogP contribution in [0, 0.1) is 6.92 Å². The predicted molar refractivity (Wildman–Crippen MR) is 125 cm³/mol. The van der Waals surface area contributed by atoms with Crippen molar-refractivity contribution in [2.75, 3.05) is 11.9 Å². The Labute approximate surface area is 188 Å². The van der Waals surface area contributed by atoms with Crippen LogP contribution < -0.4 is 5.32 Å². The van der Waals surface area contributed by atoms with Gasteiger partial charge in [0, 0.05) is 35.6 Å². The third-order valence-electron chi connectivity index (χ3n) is 5.27. The zero-order valence-electron chi connectivity index (χ0n) is 18.7. The van der Waals surface area contributed by atoms with Crippen LogP contribution in [0.25, 0.3) is 11.3 Å². The van der Waals surface area contributed by atoms with Crippen molar-refractivity contribution >= 4 is 23.3 Å². The highest BCUT2D eigenvalue weighted by Crippen LogP contribution is 2.27. The first-order valence-corrected chi connectivity index (χ1v) is 10.7. The van der Waals surface area contributed by atoms with Crippen LogP contribution in [0.5, 0.6) is 0 Å². The number of benzene rings is 2. The Morgan fingerprint density at radius 3 is 2.44 bits per heavy atom. The number of aromatic nitrogens is 1. The average Bonchev–Trinajstić information content (AvgIpc) is 3.11. The number of hydrogen-bond donors (Lipinski definition) is 1. The topological polar surface area (TPSA) is 77.4 Å². The second-order valence-electron chi connectivity index (χ2n) is 7.56. The van der Waals surface area contributed by atoms with E-state index in [9.17, 15) is 14.4 Å². The molecule has 1 N–H and O–H groups in total. The number of nitrogens with zero attached hydrogens (tertiary/aromatic N) is 1. The molecule has 1 amide bonds. The highest BCUT2D eigenvalue weighted by atomic mass is 16.5. The molecule has 6 heteroatoms. The normalized spacial score (nSPS) is 10.6. The number of hydrogen-bond acceptors (Lipinski definition) is 4. The standard InChI is InChI=1S/C26H28N2O4/c1-4-32-26(31)23-17-24(20-10-6-5-7-11-20)28(18(23)2)15-9-14-25(30)27-22-13-8-12-21(16-22)19(3)29/h5-8,10-13,16-17H,4,9,14-15H2,1-3H3,(H,27,30). The van der Waals surface area contributed by atoms with Gasteiger partial charge in [-0.3, -0.25) is 9.59 Å². The summed E-state index contributed by atoms with van der Waals surface area (Å²) in [5, 5.41) is 2.85. The Hall–Kier alpha value is -3.67. The Balaban J connectivity index is 1.72. The van der Waals surface area contributed by atoms with Crippen molar-refractivity contribution < 1.29 is 19.1 Å². The van der Waals surface area contributed by atoms with Crippen LogP contribution in [0.2, 0.25) is 0 Å². The summed E-state index contributed by atoms with van der Waals surface area (Å²) in [4.78, 5) is 36.4. The number of carbonyl (C=O) groups is 3. The zero-order valence-corrected chi connectivity index (χ0v) is 18.7. The first kappa shape index (κ1) is 23.0. The summed E-state index contributed by atoms with van der Waals surface area (Å²) >= 11 is 0. The van der Waals surface area contributed by atoms with E-state index in [1.54, 1.807) is 31.2 Å². The van der Waals surface area contributed by atoms with Gasteiger partial charge in [-0.1, -0.05) is 42.5 Å². The maximum atomic E-state index is 12.4. The van der Waals surface area contributed by atoms with E-state index in [2.05, 4.69) is 9.88 Å². The summed E-state index contributed by atoms with van der Waals surface area (Å²) in [5.74, 6) is -0.513. The first-order chi connectivity index (χ1) is 15.4. The van der Waals surface area contributed by atoms with Gasteiger partial charge < -0.3 is 14.6 Å². The average molecular weight is 433 g/mol. The van der Waals surface area contributed by atoms with Gasteiger partial charge in [-0.2, -0.15) is 0 Å². The fourth-order valence-electron chi connectivity index (χ4n) is 3.63. The lowest BCUT2D eigenvalue weighted by Crippen LogP contribution is -2.13. The van der Waals surface area contributed by atoms with Gasteiger partial charge in [0.25, 0.3) is 0 Å². The van der Waals surface area contributed by atoms with E-state index in [1.807, 2.05) is 43.3 Å². The molecule has 32 heavy (non-hydrogen) atoms. The van der Waals surface area contributed by atoms with E-state index in [-0.39, 0.29) is 17.7 Å². The van der Waals surface area contributed by atoms with Gasteiger partial charge >= 0.3 is 5.97 Å². The van der Waals surface area contributed by atoms with Crippen LogP contribution in [-0.2, 0) is 16.1 Å². The molecule has 6 nitrogen and oxygen atoms in total. The van der Waals surface area contributed by atoms with E-state index in [0.29, 0.717) is 42.8 Å². The van der Waals surface area contributed by atoms with Crippen LogP contribution >= 0.6 is 0 Å². The van der Waals surface area contributed by atoms with Gasteiger partial charge in [-0.05, 0) is 51.0 Å². The Kier molecular flexibility index (Phi) is 7.60. The van der Waals surface area contributed by atoms with Gasteiger partial charge in [-0.15, -0.1) is 0 Å². The minimum atomic E-state index is -0.343. The number of ether oxygens (including phenoxy) is 1. The molecule has 3 rings (SSSR count). The monoisotopic (exact) mass is 432 g/mol. The summed E-state index contributed by atoms with van der Waals surface area (Å²) in [6, 6.07) is 18.6. The maximum Gasteiger partial charge on any atom is 0.339 e. The molecule has 0 saturated carbocycles. The fraction of sp³-hybridized carbons (Fsp3) is 0.269. The predicted octanol–water partition coefficient (Wildman–Crippen LogP) is 5.26. The van der Waals surface area contributed by atoms with Crippen LogP contribution in [0.4, 0.5) is 5.69 Å². The third-order valence-corrected chi connectivity index (χ3v) is 5.27. The zero-order chi connectivity index (χ0) is 23.1. The minimum Gasteiger partial charge on any atom is -0.462 e. The maximum absolute atomic E-state index is 12.4. The number of rotatable bonds is 9. The molecule has 0 atom stereocenters. The molecule has 0 saturated heterocycles. The molecule has 0 bridgehead atoms. The first-order valence-electron chi connectivity index (χ1n) is 10.7. The molecule has 3 aromatic rings. The molecule has 1 aromatic heterocycles. The smallest absolute Gasteiger partial charge is 0.339 e. The van der Waals surface area contributed by atoms with Crippen molar-refractivity contribution in [3.05, 3.63) is 77.5 Å². The summed E-state index contributed by atoms with van der Waals surface area (Å²) in [7, 11) is 0. The van der Waals surface area contributed by atoms with Gasteiger partial charge in [-0.25, -0.2) is 4.79 Å². The molecule has 0 radical (unpaired) electrons.